The van der Waals surface area contributed by atoms with Crippen LogP contribution in [0.3, 0.4) is 0 Å². The largest absolute Gasteiger partial charge is 0.493 e. The summed E-state index contributed by atoms with van der Waals surface area (Å²) in [4.78, 5) is 36.0. The number of esters is 2. The van der Waals surface area contributed by atoms with Crippen LogP contribution in [0.5, 0.6) is 11.5 Å². The van der Waals surface area contributed by atoms with Gasteiger partial charge in [-0.1, -0.05) is 74.5 Å². The van der Waals surface area contributed by atoms with Crippen LogP contribution in [0.15, 0.2) is 118 Å². The molecule has 10 nitrogen and oxygen atoms in total. The molecule has 0 bridgehead atoms. The van der Waals surface area contributed by atoms with Crippen LogP contribution in [0.2, 0.25) is 0 Å². The molecule has 0 N–H and O–H groups in total. The summed E-state index contributed by atoms with van der Waals surface area (Å²) in [5.41, 5.74) is 3.69. The molecule has 0 amide bonds. The van der Waals surface area contributed by atoms with Gasteiger partial charge in [0.15, 0.2) is 5.41 Å². The minimum absolute atomic E-state index is 0.0143. The highest BCUT2D eigenvalue weighted by molar-refractivity contribution is 6.00. The zero-order valence-electron chi connectivity index (χ0n) is 31.7. The lowest BCUT2D eigenvalue weighted by molar-refractivity contribution is -0.175. The SMILES string of the molecule is CCC(CC)(C(=O)OCc1ccc(OCCc2nc(-c3ccccc3)oc2C)cc1)C(=O)OCc1ccc(OCCc2nc(-c3ccccc3)oc2C)cc1. The number of ether oxygens (including phenoxy) is 4. The maximum atomic E-state index is 13.4. The van der Waals surface area contributed by atoms with Gasteiger partial charge in [-0.2, -0.15) is 0 Å². The first kappa shape index (κ1) is 38.6. The molecule has 0 atom stereocenters. The Hall–Kier alpha value is -6.16. The van der Waals surface area contributed by atoms with Gasteiger partial charge < -0.3 is 27.8 Å². The Bertz CT molecular complexity index is 1980. The molecular formula is C45H46N2O8. The average molecular weight is 743 g/mol. The highest BCUT2D eigenvalue weighted by Crippen LogP contribution is 2.31. The first-order chi connectivity index (χ1) is 26.8. The van der Waals surface area contributed by atoms with Gasteiger partial charge in [-0.25, -0.2) is 9.97 Å². The average Bonchev–Trinajstić information content (AvgIpc) is 3.79. The third-order valence-corrected chi connectivity index (χ3v) is 9.62. The van der Waals surface area contributed by atoms with Crippen LogP contribution < -0.4 is 9.47 Å². The predicted octanol–water partition coefficient (Wildman–Crippen LogP) is 9.45. The molecular weight excluding hydrogens is 697 g/mol. The molecule has 0 spiro atoms. The number of rotatable bonds is 18. The molecule has 55 heavy (non-hydrogen) atoms. The van der Waals surface area contributed by atoms with Crippen LogP contribution >= 0.6 is 0 Å². The van der Waals surface area contributed by atoms with E-state index >= 15 is 0 Å². The monoisotopic (exact) mass is 742 g/mol. The number of benzene rings is 4. The molecule has 0 saturated heterocycles. The van der Waals surface area contributed by atoms with Gasteiger partial charge in [-0.15, -0.1) is 0 Å². The number of aromatic nitrogens is 2. The topological polar surface area (TPSA) is 123 Å². The number of aryl methyl sites for hydroxylation is 2. The van der Waals surface area contributed by atoms with Crippen molar-refractivity contribution >= 4 is 11.9 Å². The molecule has 0 aliphatic carbocycles. The van der Waals surface area contributed by atoms with Gasteiger partial charge in [-0.3, -0.25) is 9.59 Å². The Balaban J connectivity index is 0.933. The van der Waals surface area contributed by atoms with Gasteiger partial charge in [-0.05, 0) is 86.3 Å². The molecule has 2 aromatic heterocycles. The quantitative estimate of drug-likeness (QED) is 0.0622. The molecule has 4 aromatic carbocycles. The van der Waals surface area contributed by atoms with Gasteiger partial charge >= 0.3 is 11.9 Å². The Morgan fingerprint density at radius 3 is 1.31 bits per heavy atom. The fourth-order valence-electron chi connectivity index (χ4n) is 6.11. The molecule has 284 valence electrons. The van der Waals surface area contributed by atoms with Crippen molar-refractivity contribution in [2.24, 2.45) is 5.41 Å². The van der Waals surface area contributed by atoms with E-state index in [4.69, 9.17) is 27.8 Å². The zero-order valence-corrected chi connectivity index (χ0v) is 31.7. The van der Waals surface area contributed by atoms with E-state index in [0.29, 0.717) is 49.3 Å². The van der Waals surface area contributed by atoms with E-state index in [1.54, 1.807) is 13.8 Å². The van der Waals surface area contributed by atoms with Gasteiger partial charge in [0.25, 0.3) is 0 Å². The molecule has 2 heterocycles. The van der Waals surface area contributed by atoms with Crippen molar-refractivity contribution < 1.29 is 37.4 Å². The fraction of sp³-hybridized carbons (Fsp3) is 0.289. The summed E-state index contributed by atoms with van der Waals surface area (Å²) in [5.74, 6) is 2.86. The summed E-state index contributed by atoms with van der Waals surface area (Å²) >= 11 is 0. The second kappa shape index (κ2) is 18.2. The van der Waals surface area contributed by atoms with E-state index in [1.165, 1.54) is 0 Å². The van der Waals surface area contributed by atoms with Crippen molar-refractivity contribution in [3.05, 3.63) is 143 Å². The number of carbonyl (C=O) groups excluding carboxylic acids is 2. The Labute approximate surface area is 321 Å². The number of oxazole rings is 2. The van der Waals surface area contributed by atoms with Crippen molar-refractivity contribution in [1.82, 2.24) is 9.97 Å². The van der Waals surface area contributed by atoms with Crippen LogP contribution in [-0.2, 0) is 45.1 Å². The number of carbonyl (C=O) groups is 2. The summed E-state index contributed by atoms with van der Waals surface area (Å²) in [6.07, 6.45) is 1.68. The van der Waals surface area contributed by atoms with Crippen LogP contribution in [0.1, 0.15) is 60.7 Å². The highest BCUT2D eigenvalue weighted by atomic mass is 16.6. The van der Waals surface area contributed by atoms with Crippen LogP contribution in [0, 0.1) is 19.3 Å². The third kappa shape index (κ3) is 9.69. The maximum absolute atomic E-state index is 13.4. The van der Waals surface area contributed by atoms with E-state index < -0.39 is 17.4 Å². The van der Waals surface area contributed by atoms with Crippen molar-refractivity contribution in [2.45, 2.75) is 66.6 Å². The second-order valence-electron chi connectivity index (χ2n) is 13.2. The van der Waals surface area contributed by atoms with Crippen molar-refractivity contribution in [2.75, 3.05) is 13.2 Å². The molecule has 0 saturated carbocycles. The molecule has 10 heteroatoms. The fourth-order valence-corrected chi connectivity index (χ4v) is 6.11. The molecule has 0 radical (unpaired) electrons. The summed E-state index contributed by atoms with van der Waals surface area (Å²) in [6, 6.07) is 34.2. The smallest absolute Gasteiger partial charge is 0.323 e. The predicted molar refractivity (Wildman–Crippen MR) is 207 cm³/mol. The van der Waals surface area contributed by atoms with Crippen molar-refractivity contribution in [1.29, 1.82) is 0 Å². The minimum Gasteiger partial charge on any atom is -0.493 e. The first-order valence-electron chi connectivity index (χ1n) is 18.6. The molecule has 0 fully saturated rings. The van der Waals surface area contributed by atoms with E-state index in [9.17, 15) is 9.59 Å². The van der Waals surface area contributed by atoms with E-state index in [1.807, 2.05) is 123 Å². The van der Waals surface area contributed by atoms with Gasteiger partial charge in [0.05, 0.1) is 24.6 Å². The molecule has 0 unspecified atom stereocenters. The van der Waals surface area contributed by atoms with E-state index in [2.05, 4.69) is 9.97 Å². The highest BCUT2D eigenvalue weighted by Gasteiger charge is 2.46. The minimum atomic E-state index is -1.41. The summed E-state index contributed by atoms with van der Waals surface area (Å²) in [6.45, 7) is 8.25. The lowest BCUT2D eigenvalue weighted by Gasteiger charge is -2.27. The van der Waals surface area contributed by atoms with Gasteiger partial charge in [0.2, 0.25) is 11.8 Å². The standard InChI is InChI=1S/C45H46N2O8/c1-5-45(6-2,43(48)52-29-33-17-21-37(22-18-33)50-27-25-39-31(3)54-41(46-39)35-13-9-7-10-14-35)44(49)53-30-34-19-23-38(24-20-34)51-28-26-40-32(4)55-42(47-40)36-15-11-8-12-16-36/h7-24H,5-6,25-30H2,1-4H3. The van der Waals surface area contributed by atoms with Crippen LogP contribution in [0.25, 0.3) is 22.9 Å². The molecule has 6 rings (SSSR count). The third-order valence-electron chi connectivity index (χ3n) is 9.62. The second-order valence-corrected chi connectivity index (χ2v) is 13.2. The van der Waals surface area contributed by atoms with Gasteiger partial charge in [0, 0.05) is 24.0 Å². The summed E-state index contributed by atoms with van der Waals surface area (Å²) < 4.78 is 34.9. The molecule has 0 aliphatic heterocycles. The van der Waals surface area contributed by atoms with Crippen molar-refractivity contribution in [3.8, 4) is 34.4 Å². The lowest BCUT2D eigenvalue weighted by Crippen LogP contribution is -2.41. The summed E-state index contributed by atoms with van der Waals surface area (Å²) in [5, 5.41) is 0. The van der Waals surface area contributed by atoms with Crippen LogP contribution in [-0.4, -0.2) is 35.1 Å². The van der Waals surface area contributed by atoms with Crippen LogP contribution in [0.4, 0.5) is 0 Å². The van der Waals surface area contributed by atoms with Crippen molar-refractivity contribution in [3.63, 3.8) is 0 Å². The van der Waals surface area contributed by atoms with E-state index in [-0.39, 0.29) is 26.1 Å². The Morgan fingerprint density at radius 2 is 0.945 bits per heavy atom. The lowest BCUT2D eigenvalue weighted by atomic mass is 9.82. The Morgan fingerprint density at radius 1 is 0.564 bits per heavy atom. The first-order valence-corrected chi connectivity index (χ1v) is 18.6. The van der Waals surface area contributed by atoms with Gasteiger partial charge in [0.1, 0.15) is 36.2 Å². The van der Waals surface area contributed by atoms with E-state index in [0.717, 1.165) is 45.2 Å². The summed E-state index contributed by atoms with van der Waals surface area (Å²) in [7, 11) is 0. The number of nitrogens with zero attached hydrogens (tertiary/aromatic N) is 2. The zero-order chi connectivity index (χ0) is 38.6. The number of hydrogen-bond donors (Lipinski definition) is 0. The number of hydrogen-bond acceptors (Lipinski definition) is 10. The maximum Gasteiger partial charge on any atom is 0.323 e. The normalized spacial score (nSPS) is 11.3. The molecule has 6 aromatic rings. The molecule has 0 aliphatic rings. The Kier molecular flexibility index (Phi) is 12.8.